The van der Waals surface area contributed by atoms with Crippen molar-refractivity contribution in [1.29, 1.82) is 0 Å². The molecule has 11 heteroatoms. The molecule has 0 radical (unpaired) electrons. The van der Waals surface area contributed by atoms with Crippen LogP contribution in [0.3, 0.4) is 0 Å². The minimum absolute atomic E-state index is 0.00102. The molecule has 200 valence electrons. The molecule has 0 spiro atoms. The van der Waals surface area contributed by atoms with Crippen molar-refractivity contribution >= 4 is 21.8 Å². The van der Waals surface area contributed by atoms with Crippen molar-refractivity contribution < 1.29 is 31.2 Å². The summed E-state index contributed by atoms with van der Waals surface area (Å²) in [5, 5.41) is 0. The summed E-state index contributed by atoms with van der Waals surface area (Å²) in [7, 11) is -3.99. The van der Waals surface area contributed by atoms with Crippen LogP contribution >= 0.6 is 0 Å². The maximum atomic E-state index is 13.5. The fourth-order valence-corrected chi connectivity index (χ4v) is 6.40. The first-order valence-electron chi connectivity index (χ1n) is 12.3. The lowest BCUT2D eigenvalue weighted by Gasteiger charge is -2.43. The summed E-state index contributed by atoms with van der Waals surface area (Å²) >= 11 is 0. The topological polar surface area (TPSA) is 86.8 Å². The summed E-state index contributed by atoms with van der Waals surface area (Å²) in [6, 6.07) is 12.3. The molecule has 2 aliphatic rings. The summed E-state index contributed by atoms with van der Waals surface area (Å²) < 4.78 is 66.4. The maximum Gasteiger partial charge on any atom is 0.416 e. The van der Waals surface area contributed by atoms with Crippen LogP contribution in [0, 0.1) is 5.92 Å². The van der Waals surface area contributed by atoms with Crippen LogP contribution in [-0.4, -0.2) is 55.7 Å². The van der Waals surface area contributed by atoms with E-state index in [1.54, 1.807) is 4.90 Å². The van der Waals surface area contributed by atoms with Gasteiger partial charge in [0, 0.05) is 38.5 Å². The number of amides is 2. The second kappa shape index (κ2) is 10.8. The lowest BCUT2D eigenvalue weighted by molar-refractivity contribution is -0.146. The molecule has 1 N–H and O–H groups in total. The van der Waals surface area contributed by atoms with E-state index in [-0.39, 0.29) is 28.7 Å². The van der Waals surface area contributed by atoms with Gasteiger partial charge in [-0.15, -0.1) is 0 Å². The highest BCUT2D eigenvalue weighted by Crippen LogP contribution is 2.33. The van der Waals surface area contributed by atoms with Gasteiger partial charge in [0.25, 0.3) is 0 Å². The lowest BCUT2D eigenvalue weighted by atomic mass is 9.85. The van der Waals surface area contributed by atoms with Gasteiger partial charge in [-0.05, 0) is 55.5 Å². The normalized spacial score (nSPS) is 23.1. The minimum Gasteiger partial charge on any atom is -0.339 e. The summed E-state index contributed by atoms with van der Waals surface area (Å²) in [5.74, 6) is -0.295. The average molecular weight is 538 g/mol. The van der Waals surface area contributed by atoms with Gasteiger partial charge in [-0.3, -0.25) is 9.59 Å². The van der Waals surface area contributed by atoms with Gasteiger partial charge in [0.1, 0.15) is 0 Å². The fraction of sp³-hybridized carbons (Fsp3) is 0.462. The predicted octanol–water partition coefficient (Wildman–Crippen LogP) is 3.97. The first-order valence-corrected chi connectivity index (χ1v) is 13.7. The molecule has 0 unspecified atom stereocenters. The third-order valence-electron chi connectivity index (χ3n) is 7.18. The van der Waals surface area contributed by atoms with Gasteiger partial charge < -0.3 is 9.80 Å². The van der Waals surface area contributed by atoms with Gasteiger partial charge in [-0.1, -0.05) is 30.3 Å². The molecule has 1 aliphatic carbocycles. The lowest BCUT2D eigenvalue weighted by Crippen LogP contribution is -2.53. The Balaban J connectivity index is 1.38. The zero-order chi connectivity index (χ0) is 26.8. The number of halogens is 3. The van der Waals surface area contributed by atoms with Crippen LogP contribution in [0.4, 0.5) is 13.2 Å². The van der Waals surface area contributed by atoms with E-state index >= 15 is 0 Å². The first-order chi connectivity index (χ1) is 17.5. The van der Waals surface area contributed by atoms with Crippen LogP contribution in [0.25, 0.3) is 0 Å². The molecule has 0 aromatic heterocycles. The molecule has 37 heavy (non-hydrogen) atoms. The molecule has 1 aliphatic heterocycles. The van der Waals surface area contributed by atoms with Gasteiger partial charge in [0.05, 0.1) is 16.5 Å². The van der Waals surface area contributed by atoms with Crippen molar-refractivity contribution in [3.63, 3.8) is 0 Å². The Morgan fingerprint density at radius 1 is 0.919 bits per heavy atom. The second-order valence-corrected chi connectivity index (χ2v) is 11.3. The molecule has 2 aromatic carbocycles. The van der Waals surface area contributed by atoms with Gasteiger partial charge in [-0.2, -0.15) is 13.2 Å². The van der Waals surface area contributed by atoms with Gasteiger partial charge in [0.2, 0.25) is 21.8 Å². The molecular weight excluding hydrogens is 507 g/mol. The highest BCUT2D eigenvalue weighted by atomic mass is 32.2. The molecule has 1 atom stereocenters. The van der Waals surface area contributed by atoms with E-state index in [4.69, 9.17) is 0 Å². The molecule has 0 bridgehead atoms. The number of hydrogen-bond donors (Lipinski definition) is 1. The highest BCUT2D eigenvalue weighted by molar-refractivity contribution is 7.89. The van der Waals surface area contributed by atoms with Crippen molar-refractivity contribution in [2.24, 2.45) is 5.92 Å². The molecule has 2 fully saturated rings. The molecule has 4 rings (SSSR count). The number of carbonyl (C=O) groups excluding carboxylic acids is 2. The van der Waals surface area contributed by atoms with Gasteiger partial charge in [0.15, 0.2) is 0 Å². The summed E-state index contributed by atoms with van der Waals surface area (Å²) in [5.41, 5.74) is 0.0446. The molecule has 1 saturated heterocycles. The zero-order valence-electron chi connectivity index (χ0n) is 20.4. The summed E-state index contributed by atoms with van der Waals surface area (Å²) in [6.07, 6.45) is -2.67. The van der Waals surface area contributed by atoms with E-state index in [2.05, 4.69) is 4.72 Å². The molecular formula is C26H30F3N3O4S. The number of alkyl halides is 3. The Kier molecular flexibility index (Phi) is 7.94. The Labute approximate surface area is 214 Å². The Bertz CT molecular complexity index is 1210. The van der Waals surface area contributed by atoms with E-state index in [1.165, 1.54) is 6.92 Å². The standard InChI is InChI=1S/C26H30F3N3O4S/c1-18(33)31-15-16-32(24(17-31)19-5-3-2-4-6-19)25(34)20-7-11-22(12-8-20)30-37(35,36)23-13-9-21(10-14-23)26(27,28)29/h2-6,9-10,13-14,20,22,24,30H,7-8,11-12,15-17H2,1H3/t20-,22-,24-/m1/s1. The van der Waals surface area contributed by atoms with E-state index in [0.717, 1.165) is 29.8 Å². The zero-order valence-corrected chi connectivity index (χ0v) is 21.3. The number of nitrogens with one attached hydrogen (secondary N) is 1. The Hall–Kier alpha value is -2.92. The predicted molar refractivity (Wildman–Crippen MR) is 131 cm³/mol. The van der Waals surface area contributed by atoms with Crippen LogP contribution in [0.15, 0.2) is 59.5 Å². The average Bonchev–Trinajstić information content (AvgIpc) is 2.88. The highest BCUT2D eigenvalue weighted by Gasteiger charge is 2.38. The largest absolute Gasteiger partial charge is 0.416 e. The van der Waals surface area contributed by atoms with Crippen LogP contribution < -0.4 is 4.72 Å². The summed E-state index contributed by atoms with van der Waals surface area (Å²) in [6.45, 7) is 2.84. The number of sulfonamides is 1. The van der Waals surface area contributed by atoms with Crippen LogP contribution in [0.2, 0.25) is 0 Å². The first kappa shape index (κ1) is 27.1. The Morgan fingerprint density at radius 2 is 1.54 bits per heavy atom. The number of piperazine rings is 1. The molecule has 2 aromatic rings. The van der Waals surface area contributed by atoms with E-state index in [1.807, 2.05) is 35.2 Å². The third-order valence-corrected chi connectivity index (χ3v) is 8.72. The van der Waals surface area contributed by atoms with E-state index < -0.39 is 27.8 Å². The number of carbonyl (C=O) groups is 2. The number of benzene rings is 2. The number of hydrogen-bond acceptors (Lipinski definition) is 4. The fourth-order valence-electron chi connectivity index (χ4n) is 5.10. The van der Waals surface area contributed by atoms with Crippen LogP contribution in [0.5, 0.6) is 0 Å². The van der Waals surface area contributed by atoms with Crippen molar-refractivity contribution in [3.05, 3.63) is 65.7 Å². The van der Waals surface area contributed by atoms with Gasteiger partial charge in [-0.25, -0.2) is 13.1 Å². The van der Waals surface area contributed by atoms with E-state index in [0.29, 0.717) is 45.3 Å². The number of nitrogens with zero attached hydrogens (tertiary/aromatic N) is 2. The monoisotopic (exact) mass is 537 g/mol. The quantitative estimate of drug-likeness (QED) is 0.625. The van der Waals surface area contributed by atoms with Gasteiger partial charge >= 0.3 is 6.18 Å². The van der Waals surface area contributed by atoms with Crippen LogP contribution in [-0.2, 0) is 25.8 Å². The molecule has 2 amide bonds. The van der Waals surface area contributed by atoms with Crippen LogP contribution in [0.1, 0.15) is 49.8 Å². The van der Waals surface area contributed by atoms with E-state index in [9.17, 15) is 31.2 Å². The maximum absolute atomic E-state index is 13.5. The van der Waals surface area contributed by atoms with Crippen molar-refractivity contribution in [1.82, 2.24) is 14.5 Å². The Morgan fingerprint density at radius 3 is 2.11 bits per heavy atom. The van der Waals surface area contributed by atoms with Crippen molar-refractivity contribution in [2.45, 2.75) is 55.8 Å². The SMILES string of the molecule is CC(=O)N1CCN(C(=O)[C@H]2CC[C@H](NS(=O)(=O)c3ccc(C(F)(F)F)cc3)CC2)[C@@H](c2ccccc2)C1. The second-order valence-electron chi connectivity index (χ2n) is 9.62. The smallest absolute Gasteiger partial charge is 0.339 e. The third kappa shape index (κ3) is 6.32. The molecule has 1 saturated carbocycles. The summed E-state index contributed by atoms with van der Waals surface area (Å²) in [4.78, 5) is 28.9. The van der Waals surface area contributed by atoms with Crippen molar-refractivity contribution in [2.75, 3.05) is 19.6 Å². The number of rotatable bonds is 5. The molecule has 7 nitrogen and oxygen atoms in total. The minimum atomic E-state index is -4.54. The molecule has 1 heterocycles. The van der Waals surface area contributed by atoms with Crippen molar-refractivity contribution in [3.8, 4) is 0 Å².